The average Bonchev–Trinajstić information content (AvgIpc) is 2.49. The normalized spacial score (nSPS) is 48.8. The Morgan fingerprint density at radius 2 is 1.68 bits per heavy atom. The Labute approximate surface area is 153 Å². The summed E-state index contributed by atoms with van der Waals surface area (Å²) in [4.78, 5) is 11.6. The van der Waals surface area contributed by atoms with Gasteiger partial charge >= 0.3 is 5.97 Å². The fourth-order valence-corrected chi connectivity index (χ4v) is 6.81. The molecule has 6 atom stereocenters. The predicted octanol–water partition coefficient (Wildman–Crippen LogP) is 5.28. The predicted molar refractivity (Wildman–Crippen MR) is 100 cm³/mol. The van der Waals surface area contributed by atoms with Gasteiger partial charge in [0.1, 0.15) is 6.10 Å². The van der Waals surface area contributed by atoms with Crippen molar-refractivity contribution in [3.8, 4) is 0 Å². The Balaban J connectivity index is 1.90. The number of ether oxygens (including phenoxy) is 2. The van der Waals surface area contributed by atoms with E-state index in [1.165, 1.54) is 13.3 Å². The maximum absolute atomic E-state index is 11.6. The van der Waals surface area contributed by atoms with E-state index in [1.807, 2.05) is 6.08 Å². The number of rotatable bonds is 2. The zero-order valence-electron chi connectivity index (χ0n) is 17.0. The Hall–Kier alpha value is -0.830. The third-order valence-corrected chi connectivity index (χ3v) is 8.07. The maximum Gasteiger partial charge on any atom is 0.302 e. The first-order valence-corrected chi connectivity index (χ1v) is 9.98. The van der Waals surface area contributed by atoms with Gasteiger partial charge in [0.2, 0.25) is 0 Å². The largest absolute Gasteiger partial charge is 0.462 e. The monoisotopic (exact) mass is 348 g/mol. The number of hydrogen-bond acceptors (Lipinski definition) is 3. The highest BCUT2D eigenvalue weighted by atomic mass is 16.5. The van der Waals surface area contributed by atoms with Crippen LogP contribution in [0.25, 0.3) is 0 Å². The molecule has 3 rings (SSSR count). The van der Waals surface area contributed by atoms with Gasteiger partial charge in [-0.25, -0.2) is 0 Å². The van der Waals surface area contributed by atoms with Crippen molar-refractivity contribution in [2.75, 3.05) is 0 Å². The van der Waals surface area contributed by atoms with E-state index in [2.05, 4.69) is 41.2 Å². The second-order valence-corrected chi connectivity index (χ2v) is 10.1. The molecule has 1 aliphatic heterocycles. The molecule has 0 amide bonds. The first kappa shape index (κ1) is 18.9. The van der Waals surface area contributed by atoms with Gasteiger partial charge in [-0.3, -0.25) is 4.79 Å². The molecule has 142 valence electrons. The van der Waals surface area contributed by atoms with Crippen LogP contribution in [0.3, 0.4) is 0 Å². The Bertz CT molecular complexity index is 568. The quantitative estimate of drug-likeness (QED) is 0.503. The van der Waals surface area contributed by atoms with E-state index in [0.29, 0.717) is 11.8 Å². The molecule has 0 N–H and O–H groups in total. The summed E-state index contributed by atoms with van der Waals surface area (Å²) < 4.78 is 12.4. The van der Waals surface area contributed by atoms with Crippen LogP contribution < -0.4 is 0 Å². The molecule has 2 saturated carbocycles. The summed E-state index contributed by atoms with van der Waals surface area (Å²) in [5, 5.41) is 0. The lowest BCUT2D eigenvalue weighted by molar-refractivity contribution is -0.263. The number of esters is 1. The van der Waals surface area contributed by atoms with Crippen LogP contribution in [0.2, 0.25) is 0 Å². The number of carbonyl (C=O) groups excluding carboxylic acids is 1. The van der Waals surface area contributed by atoms with E-state index in [-0.39, 0.29) is 34.1 Å². The van der Waals surface area contributed by atoms with E-state index in [0.717, 1.165) is 32.1 Å². The van der Waals surface area contributed by atoms with Crippen LogP contribution in [-0.2, 0) is 14.3 Å². The topological polar surface area (TPSA) is 35.5 Å². The Morgan fingerprint density at radius 3 is 2.28 bits per heavy atom. The maximum atomic E-state index is 11.6. The lowest BCUT2D eigenvalue weighted by atomic mass is 9.44. The second-order valence-electron chi connectivity index (χ2n) is 10.1. The molecule has 0 aromatic heterocycles. The van der Waals surface area contributed by atoms with E-state index >= 15 is 0 Å². The van der Waals surface area contributed by atoms with Crippen molar-refractivity contribution < 1.29 is 14.3 Å². The molecule has 25 heavy (non-hydrogen) atoms. The fraction of sp³-hybridized carbons (Fsp3) is 0.864. The van der Waals surface area contributed by atoms with Crippen LogP contribution in [0.4, 0.5) is 0 Å². The first-order chi connectivity index (χ1) is 11.5. The van der Waals surface area contributed by atoms with E-state index < -0.39 is 0 Å². The van der Waals surface area contributed by atoms with Gasteiger partial charge in [0.15, 0.2) is 0 Å². The molecule has 0 spiro atoms. The van der Waals surface area contributed by atoms with Crippen LogP contribution in [0.15, 0.2) is 12.7 Å². The standard InChI is InChI=1S/C22H36O3/c1-8-20(5)12-9-17-21(6)13-11-18(24-15(2)23)19(3,4)16(21)10-14-22(17,7)25-20/h8,16-18H,1,9-14H2,2-7H3/t16?,17-,18+,20-,21+,22-/m0/s1. The molecular weight excluding hydrogens is 312 g/mol. The zero-order chi connectivity index (χ0) is 18.7. The summed E-state index contributed by atoms with van der Waals surface area (Å²) in [7, 11) is 0. The van der Waals surface area contributed by atoms with Gasteiger partial charge < -0.3 is 9.47 Å². The van der Waals surface area contributed by atoms with Crippen molar-refractivity contribution in [2.45, 2.75) is 97.4 Å². The first-order valence-electron chi connectivity index (χ1n) is 9.98. The highest BCUT2D eigenvalue weighted by Gasteiger charge is 2.63. The molecular formula is C22H36O3. The number of hydrogen-bond donors (Lipinski definition) is 0. The van der Waals surface area contributed by atoms with Crippen molar-refractivity contribution in [3.63, 3.8) is 0 Å². The van der Waals surface area contributed by atoms with Gasteiger partial charge in [0, 0.05) is 12.3 Å². The van der Waals surface area contributed by atoms with Crippen LogP contribution in [0.1, 0.15) is 80.1 Å². The lowest BCUT2D eigenvalue weighted by Crippen LogP contribution is -2.64. The van der Waals surface area contributed by atoms with Gasteiger partial charge in [-0.15, -0.1) is 6.58 Å². The molecule has 0 bridgehead atoms. The van der Waals surface area contributed by atoms with Gasteiger partial charge in [0.25, 0.3) is 0 Å². The summed E-state index contributed by atoms with van der Waals surface area (Å²) in [6, 6.07) is 0. The summed E-state index contributed by atoms with van der Waals surface area (Å²) in [5.41, 5.74) is -0.00939. The van der Waals surface area contributed by atoms with Crippen molar-refractivity contribution in [1.82, 2.24) is 0 Å². The molecule has 0 aromatic carbocycles. The lowest BCUT2D eigenvalue weighted by Gasteiger charge is -2.66. The summed E-state index contributed by atoms with van der Waals surface area (Å²) in [5.74, 6) is 0.974. The third kappa shape index (κ3) is 2.87. The molecule has 0 radical (unpaired) electrons. The second kappa shape index (κ2) is 5.84. The fourth-order valence-electron chi connectivity index (χ4n) is 6.81. The van der Waals surface area contributed by atoms with Crippen LogP contribution >= 0.6 is 0 Å². The van der Waals surface area contributed by atoms with E-state index in [4.69, 9.17) is 9.47 Å². The average molecular weight is 349 g/mol. The SMILES string of the molecule is C=C[C@@]1(C)CC[C@@H]2[C@](C)(CCC3C(C)(C)[C@H](OC(C)=O)CC[C@]32C)O1. The highest BCUT2D eigenvalue weighted by Crippen LogP contribution is 2.65. The summed E-state index contributed by atoms with van der Waals surface area (Å²) in [6.07, 6.45) is 8.57. The Kier molecular flexibility index (Phi) is 4.42. The molecule has 0 aromatic rings. The van der Waals surface area contributed by atoms with Crippen molar-refractivity contribution in [3.05, 3.63) is 12.7 Å². The molecule has 2 aliphatic carbocycles. The third-order valence-electron chi connectivity index (χ3n) is 8.07. The molecule has 3 fully saturated rings. The van der Waals surface area contributed by atoms with Crippen molar-refractivity contribution in [2.24, 2.45) is 22.7 Å². The van der Waals surface area contributed by atoms with E-state index in [1.54, 1.807) is 0 Å². The molecule has 1 heterocycles. The molecule has 3 heteroatoms. The molecule has 1 unspecified atom stereocenters. The van der Waals surface area contributed by atoms with Gasteiger partial charge in [-0.1, -0.05) is 26.8 Å². The van der Waals surface area contributed by atoms with Crippen molar-refractivity contribution >= 4 is 5.97 Å². The number of fused-ring (bicyclic) bond motifs is 3. The number of carbonyl (C=O) groups is 1. The summed E-state index contributed by atoms with van der Waals surface area (Å²) in [6.45, 7) is 17.1. The van der Waals surface area contributed by atoms with Crippen molar-refractivity contribution in [1.29, 1.82) is 0 Å². The Morgan fingerprint density at radius 1 is 1.04 bits per heavy atom. The zero-order valence-corrected chi connectivity index (χ0v) is 17.0. The van der Waals surface area contributed by atoms with Crippen LogP contribution in [0, 0.1) is 22.7 Å². The van der Waals surface area contributed by atoms with Crippen LogP contribution in [0.5, 0.6) is 0 Å². The van der Waals surface area contributed by atoms with Gasteiger partial charge in [0.05, 0.1) is 11.2 Å². The van der Waals surface area contributed by atoms with Crippen LogP contribution in [-0.4, -0.2) is 23.3 Å². The minimum atomic E-state index is -0.196. The summed E-state index contributed by atoms with van der Waals surface area (Å²) >= 11 is 0. The minimum absolute atomic E-state index is 0.0131. The van der Waals surface area contributed by atoms with Gasteiger partial charge in [-0.2, -0.15) is 0 Å². The molecule has 1 saturated heterocycles. The van der Waals surface area contributed by atoms with E-state index in [9.17, 15) is 4.79 Å². The molecule has 3 aliphatic rings. The minimum Gasteiger partial charge on any atom is -0.462 e. The smallest absolute Gasteiger partial charge is 0.302 e. The molecule has 3 nitrogen and oxygen atoms in total. The highest BCUT2D eigenvalue weighted by molar-refractivity contribution is 5.66. The van der Waals surface area contributed by atoms with Gasteiger partial charge in [-0.05, 0) is 69.6 Å².